The first-order valence-electron chi connectivity index (χ1n) is 8.07. The van der Waals surface area contributed by atoms with E-state index in [0.717, 1.165) is 34.2 Å². The molecule has 2 aromatic heterocycles. The Morgan fingerprint density at radius 3 is 2.48 bits per heavy atom. The summed E-state index contributed by atoms with van der Waals surface area (Å²) in [5.41, 5.74) is 1.57. The number of hydrogen-bond acceptors (Lipinski definition) is 4. The summed E-state index contributed by atoms with van der Waals surface area (Å²) in [5.74, 6) is -0.737. The number of imidazole rings is 1. The molecule has 0 aliphatic carbocycles. The van der Waals surface area contributed by atoms with Crippen LogP contribution in [0, 0.1) is 0 Å². The highest BCUT2D eigenvalue weighted by Gasteiger charge is 2.31. The van der Waals surface area contributed by atoms with Gasteiger partial charge in [-0.05, 0) is 47.9 Å². The van der Waals surface area contributed by atoms with Crippen LogP contribution in [0.1, 0.15) is 18.1 Å². The van der Waals surface area contributed by atoms with Gasteiger partial charge in [0.15, 0.2) is 0 Å². The largest absolute Gasteiger partial charge is 0.573 e. The van der Waals surface area contributed by atoms with Crippen LogP contribution in [-0.2, 0) is 13.0 Å². The summed E-state index contributed by atoms with van der Waals surface area (Å²) in [6.07, 6.45) is 0.561. The monoisotopic (exact) mass is 379 g/mol. The second kappa shape index (κ2) is 7.18. The summed E-state index contributed by atoms with van der Waals surface area (Å²) in [4.78, 5) is 16.7. The predicted molar refractivity (Wildman–Crippen MR) is 91.1 cm³/mol. The number of aromatic hydroxyl groups is 1. The molecule has 3 rings (SSSR count). The molecule has 27 heavy (non-hydrogen) atoms. The highest BCUT2D eigenvalue weighted by atomic mass is 19.4. The van der Waals surface area contributed by atoms with Gasteiger partial charge in [-0.2, -0.15) is 0 Å². The van der Waals surface area contributed by atoms with Crippen LogP contribution in [0.2, 0.25) is 0 Å². The van der Waals surface area contributed by atoms with Crippen molar-refractivity contribution in [1.29, 1.82) is 0 Å². The molecular weight excluding hydrogens is 363 g/mol. The Labute approximate surface area is 152 Å². The van der Waals surface area contributed by atoms with Gasteiger partial charge in [0.25, 0.3) is 0 Å². The third kappa shape index (κ3) is 4.13. The number of aromatic nitrogens is 3. The number of nitrogens with zero attached hydrogens (tertiary/aromatic N) is 3. The Balaban J connectivity index is 1.91. The van der Waals surface area contributed by atoms with E-state index in [1.807, 2.05) is 6.92 Å². The van der Waals surface area contributed by atoms with Crippen LogP contribution in [0.4, 0.5) is 13.2 Å². The van der Waals surface area contributed by atoms with Crippen LogP contribution >= 0.6 is 0 Å². The average molecular weight is 379 g/mol. The number of rotatable bonds is 5. The van der Waals surface area contributed by atoms with E-state index in [4.69, 9.17) is 0 Å². The number of benzene rings is 1. The first-order valence-corrected chi connectivity index (χ1v) is 8.07. The van der Waals surface area contributed by atoms with Gasteiger partial charge in [0, 0.05) is 12.4 Å². The number of halogens is 3. The molecule has 0 spiro atoms. The quantitative estimate of drug-likeness (QED) is 0.739. The van der Waals surface area contributed by atoms with E-state index in [-0.39, 0.29) is 18.1 Å². The van der Waals surface area contributed by atoms with Crippen LogP contribution in [0.25, 0.3) is 5.69 Å². The molecule has 6 nitrogen and oxygen atoms in total. The van der Waals surface area contributed by atoms with Crippen molar-refractivity contribution in [3.05, 3.63) is 70.5 Å². The molecule has 0 aliphatic heterocycles. The van der Waals surface area contributed by atoms with E-state index in [1.54, 1.807) is 18.5 Å². The van der Waals surface area contributed by atoms with Crippen LogP contribution in [0.5, 0.6) is 11.6 Å². The van der Waals surface area contributed by atoms with Crippen molar-refractivity contribution in [2.75, 3.05) is 0 Å². The molecule has 2 heterocycles. The molecule has 0 fully saturated rings. The average Bonchev–Trinajstić information content (AvgIpc) is 2.88. The zero-order valence-electron chi connectivity index (χ0n) is 14.3. The van der Waals surface area contributed by atoms with E-state index in [1.165, 1.54) is 22.9 Å². The fourth-order valence-electron chi connectivity index (χ4n) is 2.74. The van der Waals surface area contributed by atoms with Crippen LogP contribution in [-0.4, -0.2) is 25.6 Å². The molecule has 9 heteroatoms. The third-order valence-corrected chi connectivity index (χ3v) is 3.99. The number of hydrogen-bond donors (Lipinski definition) is 1. The van der Waals surface area contributed by atoms with Gasteiger partial charge >= 0.3 is 12.1 Å². The predicted octanol–water partition coefficient (Wildman–Crippen LogP) is 3.25. The molecule has 1 aromatic carbocycles. The highest BCUT2D eigenvalue weighted by molar-refractivity contribution is 5.40. The lowest BCUT2D eigenvalue weighted by molar-refractivity contribution is -0.274. The molecule has 0 radical (unpaired) electrons. The summed E-state index contributed by atoms with van der Waals surface area (Å²) < 4.78 is 42.8. The fourth-order valence-corrected chi connectivity index (χ4v) is 2.74. The van der Waals surface area contributed by atoms with Gasteiger partial charge in [-0.15, -0.1) is 13.2 Å². The minimum atomic E-state index is -4.80. The van der Waals surface area contributed by atoms with Crippen LogP contribution in [0.15, 0.2) is 53.7 Å². The maximum absolute atomic E-state index is 12.6. The van der Waals surface area contributed by atoms with Crippen molar-refractivity contribution < 1.29 is 23.0 Å². The molecule has 0 saturated heterocycles. The van der Waals surface area contributed by atoms with E-state index >= 15 is 0 Å². The van der Waals surface area contributed by atoms with Gasteiger partial charge in [-0.25, -0.2) is 9.36 Å². The maximum Gasteiger partial charge on any atom is 0.573 e. The van der Waals surface area contributed by atoms with E-state index in [9.17, 15) is 23.1 Å². The van der Waals surface area contributed by atoms with Crippen molar-refractivity contribution in [2.24, 2.45) is 0 Å². The van der Waals surface area contributed by atoms with Gasteiger partial charge < -0.3 is 9.84 Å². The first kappa shape index (κ1) is 18.6. The highest BCUT2D eigenvalue weighted by Crippen LogP contribution is 2.24. The summed E-state index contributed by atoms with van der Waals surface area (Å²) in [7, 11) is 0. The molecule has 1 N–H and O–H groups in total. The second-order valence-electron chi connectivity index (χ2n) is 5.77. The Morgan fingerprint density at radius 2 is 1.85 bits per heavy atom. The lowest BCUT2D eigenvalue weighted by atomic mass is 10.1. The van der Waals surface area contributed by atoms with E-state index < -0.39 is 17.8 Å². The molecular formula is C18H16F3N3O3. The van der Waals surface area contributed by atoms with Crippen molar-refractivity contribution in [1.82, 2.24) is 14.1 Å². The zero-order valence-corrected chi connectivity index (χ0v) is 14.3. The summed E-state index contributed by atoms with van der Waals surface area (Å²) >= 11 is 0. The first-order chi connectivity index (χ1) is 12.8. The van der Waals surface area contributed by atoms with Crippen molar-refractivity contribution in [2.45, 2.75) is 26.3 Å². The fraction of sp³-hybridized carbons (Fsp3) is 0.222. The lowest BCUT2D eigenvalue weighted by Gasteiger charge is -2.09. The van der Waals surface area contributed by atoms with Crippen LogP contribution < -0.4 is 10.4 Å². The van der Waals surface area contributed by atoms with Crippen molar-refractivity contribution in [3.63, 3.8) is 0 Å². The smallest absolute Gasteiger partial charge is 0.493 e. The topological polar surface area (TPSA) is 69.3 Å². The van der Waals surface area contributed by atoms with Crippen molar-refractivity contribution in [3.8, 4) is 17.3 Å². The molecule has 0 bridgehead atoms. The second-order valence-corrected chi connectivity index (χ2v) is 5.77. The minimum absolute atomic E-state index is 0.219. The van der Waals surface area contributed by atoms with Gasteiger partial charge in [0.1, 0.15) is 5.75 Å². The Bertz CT molecular complexity index is 992. The molecule has 3 aromatic rings. The summed E-state index contributed by atoms with van der Waals surface area (Å²) in [6.45, 7) is 2.21. The number of alkyl halides is 3. The van der Waals surface area contributed by atoms with Gasteiger partial charge in [-0.1, -0.05) is 6.92 Å². The molecule has 142 valence electrons. The van der Waals surface area contributed by atoms with Crippen molar-refractivity contribution >= 4 is 0 Å². The lowest BCUT2D eigenvalue weighted by Crippen LogP contribution is -2.24. The number of pyridine rings is 1. The Morgan fingerprint density at radius 1 is 1.15 bits per heavy atom. The minimum Gasteiger partial charge on any atom is -0.493 e. The molecule has 0 amide bonds. The normalized spacial score (nSPS) is 11.6. The van der Waals surface area contributed by atoms with E-state index in [0.29, 0.717) is 0 Å². The van der Waals surface area contributed by atoms with Gasteiger partial charge in [0.05, 0.1) is 18.4 Å². The number of aryl methyl sites for hydroxylation is 1. The SMILES string of the molecule is CCc1cnccc1Cn1cc(O)n(-c2ccc(OC(F)(F)F)cc2)c1=O. The Kier molecular flexibility index (Phi) is 4.93. The molecule has 0 saturated carbocycles. The molecule has 0 atom stereocenters. The summed E-state index contributed by atoms with van der Waals surface area (Å²) in [6, 6.07) is 6.46. The summed E-state index contributed by atoms with van der Waals surface area (Å²) in [5, 5.41) is 10.1. The Hall–Kier alpha value is -3.23. The van der Waals surface area contributed by atoms with Crippen LogP contribution in [0.3, 0.4) is 0 Å². The standard InChI is InChI=1S/C18H16F3N3O3/c1-2-12-9-22-8-7-13(12)10-23-11-16(25)24(17(23)26)14-3-5-15(6-4-14)27-18(19,20)21/h3-9,11,25H,2,10H2,1H3. The van der Waals surface area contributed by atoms with Gasteiger partial charge in [-0.3, -0.25) is 9.55 Å². The molecule has 0 unspecified atom stereocenters. The maximum atomic E-state index is 12.6. The number of ether oxygens (including phenoxy) is 1. The zero-order chi connectivity index (χ0) is 19.6. The van der Waals surface area contributed by atoms with Gasteiger partial charge in [0.2, 0.25) is 5.88 Å². The third-order valence-electron chi connectivity index (χ3n) is 3.99. The molecule has 0 aliphatic rings. The van der Waals surface area contributed by atoms with E-state index in [2.05, 4.69) is 9.72 Å².